The molecule has 5 unspecified atom stereocenters. The molecule has 2 aliphatic rings. The molecule has 0 amide bonds. The minimum Gasteiger partial charge on any atom is -0.374 e. The summed E-state index contributed by atoms with van der Waals surface area (Å²) in [7, 11) is 0. The first kappa shape index (κ1) is 20.8. The van der Waals surface area contributed by atoms with Gasteiger partial charge in [0.1, 0.15) is 0 Å². The molecular weight excluding hydrogens is 346 g/mol. The van der Waals surface area contributed by atoms with Gasteiger partial charge in [0, 0.05) is 0 Å². The molecule has 25 heavy (non-hydrogen) atoms. The molecule has 1 N–H and O–H groups in total. The third-order valence-electron chi connectivity index (χ3n) is 6.95. The first-order valence-corrected chi connectivity index (χ1v) is 8.95. The van der Waals surface area contributed by atoms with Crippen LogP contribution >= 0.6 is 0 Å². The molecule has 2 fully saturated rings. The Labute approximate surface area is 145 Å². The van der Waals surface area contributed by atoms with Crippen LogP contribution in [-0.4, -0.2) is 23.1 Å². The summed E-state index contributed by atoms with van der Waals surface area (Å²) in [6.07, 6.45) is -11.9. The van der Waals surface area contributed by atoms with Gasteiger partial charge in [0.15, 0.2) is 0 Å². The average molecular weight is 374 g/mol. The molecule has 1 nitrogen and oxygen atoms in total. The van der Waals surface area contributed by atoms with E-state index in [2.05, 4.69) is 0 Å². The van der Waals surface area contributed by atoms with Gasteiger partial charge < -0.3 is 5.11 Å². The quantitative estimate of drug-likeness (QED) is 0.615. The number of hydrogen-bond donors (Lipinski definition) is 1. The van der Waals surface area contributed by atoms with Crippen LogP contribution in [0.5, 0.6) is 0 Å². The van der Waals surface area contributed by atoms with Crippen molar-refractivity contribution in [2.75, 3.05) is 0 Å². The summed E-state index contributed by atoms with van der Waals surface area (Å²) in [5, 5.41) is 9.65. The van der Waals surface area contributed by atoms with E-state index in [1.54, 1.807) is 0 Å². The Balaban J connectivity index is 2.37. The lowest BCUT2D eigenvalue weighted by Gasteiger charge is -2.43. The van der Waals surface area contributed by atoms with Crippen molar-refractivity contribution in [2.45, 2.75) is 71.8 Å². The second kappa shape index (κ2) is 6.03. The minimum absolute atomic E-state index is 0.0499. The van der Waals surface area contributed by atoms with Crippen LogP contribution in [0.2, 0.25) is 0 Å². The molecule has 0 aromatic carbocycles. The van der Waals surface area contributed by atoms with Gasteiger partial charge in [-0.15, -0.1) is 0 Å². The van der Waals surface area contributed by atoms with Crippen LogP contribution in [0.4, 0.5) is 26.3 Å². The highest BCUT2D eigenvalue weighted by atomic mass is 19.4. The average Bonchev–Trinajstić information content (AvgIpc) is 2.95. The molecule has 0 spiro atoms. The van der Waals surface area contributed by atoms with Crippen molar-refractivity contribution >= 4 is 0 Å². The first-order valence-electron chi connectivity index (χ1n) is 8.95. The summed E-state index contributed by atoms with van der Waals surface area (Å²) in [5.41, 5.74) is -4.68. The van der Waals surface area contributed by atoms with E-state index in [4.69, 9.17) is 0 Å². The fraction of sp³-hybridized carbons (Fsp3) is 1.00. The molecular formula is C18H28F6O. The van der Waals surface area contributed by atoms with Gasteiger partial charge in [-0.25, -0.2) is 0 Å². The second-order valence-electron chi connectivity index (χ2n) is 8.90. The third-order valence-corrected chi connectivity index (χ3v) is 6.95. The van der Waals surface area contributed by atoms with Crippen LogP contribution in [0.1, 0.15) is 53.9 Å². The van der Waals surface area contributed by atoms with E-state index in [-0.39, 0.29) is 29.1 Å². The zero-order valence-electron chi connectivity index (χ0n) is 15.3. The largest absolute Gasteiger partial charge is 0.426 e. The minimum atomic E-state index is -5.73. The number of aliphatic hydroxyl groups is 1. The van der Waals surface area contributed by atoms with Crippen molar-refractivity contribution < 1.29 is 31.4 Å². The topological polar surface area (TPSA) is 20.2 Å². The van der Waals surface area contributed by atoms with E-state index in [1.807, 2.05) is 34.6 Å². The highest BCUT2D eigenvalue weighted by molar-refractivity contribution is 5.14. The summed E-state index contributed by atoms with van der Waals surface area (Å²) in [6.45, 7) is 9.89. The van der Waals surface area contributed by atoms with E-state index in [1.165, 1.54) is 0 Å². The standard InChI is InChI=1S/C18H28F6O/c1-6-11-10(8-16(25,17(19,20)21)18(22,23)24)7-12-14(15(12,4)5)13(11)9(2)3/h9-14,25H,6-8H2,1-5H3. The van der Waals surface area contributed by atoms with Gasteiger partial charge in [0.05, 0.1) is 0 Å². The van der Waals surface area contributed by atoms with Crippen LogP contribution in [0.3, 0.4) is 0 Å². The van der Waals surface area contributed by atoms with Crippen LogP contribution < -0.4 is 0 Å². The van der Waals surface area contributed by atoms with Gasteiger partial charge in [-0.1, -0.05) is 41.0 Å². The van der Waals surface area contributed by atoms with E-state index in [0.717, 1.165) is 0 Å². The molecule has 0 aromatic heterocycles. The number of rotatable bonds is 4. The van der Waals surface area contributed by atoms with Crippen molar-refractivity contribution in [3.8, 4) is 0 Å². The maximum atomic E-state index is 13.1. The van der Waals surface area contributed by atoms with Crippen molar-refractivity contribution in [1.29, 1.82) is 0 Å². The Hall–Kier alpha value is -0.460. The number of hydrogen-bond acceptors (Lipinski definition) is 1. The highest BCUT2D eigenvalue weighted by Gasteiger charge is 2.73. The van der Waals surface area contributed by atoms with E-state index < -0.39 is 30.3 Å². The smallest absolute Gasteiger partial charge is 0.374 e. The summed E-state index contributed by atoms with van der Waals surface area (Å²) in [5.74, 6) is -0.258. The van der Waals surface area contributed by atoms with Crippen molar-refractivity contribution in [2.24, 2.45) is 40.9 Å². The zero-order chi connectivity index (χ0) is 19.6. The van der Waals surface area contributed by atoms with Gasteiger partial charge in [-0.2, -0.15) is 26.3 Å². The fourth-order valence-corrected chi connectivity index (χ4v) is 5.60. The molecule has 2 aliphatic carbocycles. The SMILES string of the molecule is CCC1C(CC(O)(C(F)(F)F)C(F)(F)F)CC2C(C1C(C)C)C2(C)C. The molecule has 2 saturated carbocycles. The van der Waals surface area contributed by atoms with E-state index >= 15 is 0 Å². The van der Waals surface area contributed by atoms with E-state index in [0.29, 0.717) is 18.8 Å². The third kappa shape index (κ3) is 3.19. The lowest BCUT2D eigenvalue weighted by Crippen LogP contribution is -2.58. The van der Waals surface area contributed by atoms with Gasteiger partial charge in [0.2, 0.25) is 0 Å². The van der Waals surface area contributed by atoms with Crippen molar-refractivity contribution in [1.82, 2.24) is 0 Å². The molecule has 0 heterocycles. The lowest BCUT2D eigenvalue weighted by molar-refractivity contribution is -0.374. The summed E-state index contributed by atoms with van der Waals surface area (Å²) in [6, 6.07) is 0. The summed E-state index contributed by atoms with van der Waals surface area (Å²) >= 11 is 0. The van der Waals surface area contributed by atoms with Gasteiger partial charge >= 0.3 is 12.4 Å². The van der Waals surface area contributed by atoms with Gasteiger partial charge in [-0.05, 0) is 53.8 Å². The molecule has 0 aromatic rings. The van der Waals surface area contributed by atoms with Crippen molar-refractivity contribution in [3.63, 3.8) is 0 Å². The predicted octanol–water partition coefficient (Wildman–Crippen LogP) is 5.82. The molecule has 0 radical (unpaired) electrons. The maximum absolute atomic E-state index is 13.1. The Kier molecular flexibility index (Phi) is 5.03. The fourth-order valence-electron chi connectivity index (χ4n) is 5.60. The Bertz CT molecular complexity index is 479. The monoisotopic (exact) mass is 374 g/mol. The van der Waals surface area contributed by atoms with Crippen LogP contribution in [0.15, 0.2) is 0 Å². The van der Waals surface area contributed by atoms with Crippen molar-refractivity contribution in [3.05, 3.63) is 0 Å². The molecule has 0 bridgehead atoms. The molecule has 148 valence electrons. The Morgan fingerprint density at radius 3 is 1.88 bits per heavy atom. The van der Waals surface area contributed by atoms with Gasteiger partial charge in [0.25, 0.3) is 5.60 Å². The summed E-state index contributed by atoms with van der Waals surface area (Å²) in [4.78, 5) is 0. The summed E-state index contributed by atoms with van der Waals surface area (Å²) < 4.78 is 78.8. The lowest BCUT2D eigenvalue weighted by atomic mass is 9.64. The first-order chi connectivity index (χ1) is 11.1. The number of fused-ring (bicyclic) bond motifs is 1. The normalized spacial score (nSPS) is 35.6. The highest BCUT2D eigenvalue weighted by Crippen LogP contribution is 2.71. The molecule has 2 rings (SSSR count). The maximum Gasteiger partial charge on any atom is 0.426 e. The van der Waals surface area contributed by atoms with Crippen LogP contribution in [0.25, 0.3) is 0 Å². The van der Waals surface area contributed by atoms with Crippen LogP contribution in [-0.2, 0) is 0 Å². The molecule has 5 atom stereocenters. The second-order valence-corrected chi connectivity index (χ2v) is 8.90. The zero-order valence-corrected chi connectivity index (χ0v) is 15.3. The van der Waals surface area contributed by atoms with E-state index in [9.17, 15) is 31.4 Å². The molecule has 0 aliphatic heterocycles. The molecule has 0 saturated heterocycles. The molecule has 7 heteroatoms. The Morgan fingerprint density at radius 2 is 1.52 bits per heavy atom. The van der Waals surface area contributed by atoms with Crippen LogP contribution in [0, 0.1) is 40.9 Å². The number of halogens is 6. The number of alkyl halides is 6. The predicted molar refractivity (Wildman–Crippen MR) is 82.7 cm³/mol. The Morgan fingerprint density at radius 1 is 1.04 bits per heavy atom. The van der Waals surface area contributed by atoms with Gasteiger partial charge in [-0.3, -0.25) is 0 Å².